The van der Waals surface area contributed by atoms with Crippen LogP contribution in [-0.2, 0) is 9.53 Å². The van der Waals surface area contributed by atoms with Gasteiger partial charge in [0, 0.05) is 10.7 Å². The first-order valence-corrected chi connectivity index (χ1v) is 10.4. The number of nitrogens with one attached hydrogen (secondary N) is 3. The topological polar surface area (TPSA) is 91.8 Å². The number of amides is 1. The molecule has 0 spiro atoms. The molecular weight excluding hydrogens is 451 g/mol. The van der Waals surface area contributed by atoms with Gasteiger partial charge in [0.2, 0.25) is 5.84 Å². The van der Waals surface area contributed by atoms with Crippen molar-refractivity contribution in [3.8, 4) is 0 Å². The van der Waals surface area contributed by atoms with E-state index in [1.54, 1.807) is 79.7 Å². The summed E-state index contributed by atoms with van der Waals surface area (Å²) in [6.07, 6.45) is 0. The van der Waals surface area contributed by atoms with Gasteiger partial charge in [-0.3, -0.25) is 15.6 Å². The van der Waals surface area contributed by atoms with Crippen LogP contribution in [0.2, 0.25) is 10.0 Å². The number of esters is 1. The lowest BCUT2D eigenvalue weighted by molar-refractivity contribution is -0.135. The number of benzene rings is 3. The maximum absolute atomic E-state index is 12.5. The molecule has 0 aromatic heterocycles. The zero-order chi connectivity index (χ0) is 22.9. The van der Waals surface area contributed by atoms with E-state index in [-0.39, 0.29) is 18.3 Å². The Kier molecular flexibility index (Phi) is 8.08. The predicted molar refractivity (Wildman–Crippen MR) is 128 cm³/mol. The fourth-order valence-electron chi connectivity index (χ4n) is 2.61. The highest BCUT2D eigenvalue weighted by Gasteiger charge is 2.14. The molecule has 0 atom stereocenters. The van der Waals surface area contributed by atoms with Crippen molar-refractivity contribution in [1.82, 2.24) is 5.43 Å². The van der Waals surface area contributed by atoms with Crippen LogP contribution in [0.25, 0.3) is 0 Å². The number of amidine groups is 1. The first-order valence-electron chi connectivity index (χ1n) is 9.65. The van der Waals surface area contributed by atoms with Crippen LogP contribution in [-0.4, -0.2) is 24.3 Å². The Morgan fingerprint density at radius 3 is 2.41 bits per heavy atom. The van der Waals surface area contributed by atoms with Gasteiger partial charge < -0.3 is 10.1 Å². The van der Waals surface area contributed by atoms with E-state index in [9.17, 15) is 9.59 Å². The van der Waals surface area contributed by atoms with Gasteiger partial charge in [0.15, 0.2) is 0 Å². The number of hydrogen-bond donors (Lipinski definition) is 3. The lowest BCUT2D eigenvalue weighted by atomic mass is 10.2. The van der Waals surface area contributed by atoms with Crippen molar-refractivity contribution in [2.24, 2.45) is 4.99 Å². The van der Waals surface area contributed by atoms with Gasteiger partial charge in [-0.2, -0.15) is 0 Å². The summed E-state index contributed by atoms with van der Waals surface area (Å²) in [7, 11) is 0. The molecule has 0 aliphatic heterocycles. The van der Waals surface area contributed by atoms with E-state index in [4.69, 9.17) is 27.9 Å². The lowest BCUT2D eigenvalue weighted by Gasteiger charge is -2.12. The van der Waals surface area contributed by atoms with Crippen molar-refractivity contribution in [2.45, 2.75) is 6.92 Å². The van der Waals surface area contributed by atoms with Gasteiger partial charge in [0.1, 0.15) is 0 Å². The smallest absolute Gasteiger partial charge is 0.375 e. The highest BCUT2D eigenvalue weighted by atomic mass is 35.5. The van der Waals surface area contributed by atoms with Crippen LogP contribution in [0, 0.1) is 0 Å². The van der Waals surface area contributed by atoms with Crippen molar-refractivity contribution in [2.75, 3.05) is 17.3 Å². The summed E-state index contributed by atoms with van der Waals surface area (Å²) in [6.45, 7) is 1.89. The summed E-state index contributed by atoms with van der Waals surface area (Å²) >= 11 is 12.0. The molecular formula is C23H20Cl2N4O3. The molecule has 3 aromatic carbocycles. The second-order valence-electron chi connectivity index (χ2n) is 6.42. The number of halogens is 2. The van der Waals surface area contributed by atoms with E-state index >= 15 is 0 Å². The lowest BCUT2D eigenvalue weighted by Crippen LogP contribution is -2.36. The van der Waals surface area contributed by atoms with Crippen molar-refractivity contribution >= 4 is 58.0 Å². The maximum atomic E-state index is 12.5. The molecule has 0 heterocycles. The fraction of sp³-hybridized carbons (Fsp3) is 0.0870. The Morgan fingerprint density at radius 1 is 0.938 bits per heavy atom. The van der Waals surface area contributed by atoms with Gasteiger partial charge in [-0.15, -0.1) is 0 Å². The van der Waals surface area contributed by atoms with Crippen LogP contribution < -0.4 is 16.2 Å². The SMILES string of the molecule is CCOC(=O)C(=Nc1cccc(NC(=O)c2ccccc2Cl)c1)NNc1ccc(Cl)cc1. The average molecular weight is 471 g/mol. The summed E-state index contributed by atoms with van der Waals surface area (Å²) in [5.74, 6) is -1.05. The quantitative estimate of drug-likeness (QED) is 0.192. The Balaban J connectivity index is 1.78. The number of nitrogens with zero attached hydrogens (tertiary/aromatic N) is 1. The number of anilines is 2. The van der Waals surface area contributed by atoms with Gasteiger partial charge in [-0.1, -0.05) is 41.4 Å². The van der Waals surface area contributed by atoms with Crippen molar-refractivity contribution in [1.29, 1.82) is 0 Å². The summed E-state index contributed by atoms with van der Waals surface area (Å²) in [4.78, 5) is 29.2. The standard InChI is InChI=1S/C23H20Cl2N4O3/c1-2-32-23(31)21(29-28-16-12-10-15(24)11-13-16)26-17-6-5-7-18(14-17)27-22(30)19-8-3-4-9-20(19)25/h3-14,28H,2H2,1H3,(H,26,29)(H,27,30). The molecule has 1 amide bonds. The maximum Gasteiger partial charge on any atom is 0.375 e. The van der Waals surface area contributed by atoms with Crippen molar-refractivity contribution < 1.29 is 14.3 Å². The van der Waals surface area contributed by atoms with E-state index < -0.39 is 5.97 Å². The molecule has 0 aliphatic carbocycles. The normalized spacial score (nSPS) is 10.9. The van der Waals surface area contributed by atoms with Crippen molar-refractivity contribution in [3.63, 3.8) is 0 Å². The minimum Gasteiger partial charge on any atom is -0.460 e. The minimum atomic E-state index is -0.639. The Morgan fingerprint density at radius 2 is 1.69 bits per heavy atom. The molecule has 3 aromatic rings. The highest BCUT2D eigenvalue weighted by Crippen LogP contribution is 2.21. The van der Waals surface area contributed by atoms with E-state index in [0.717, 1.165) is 0 Å². The van der Waals surface area contributed by atoms with Gasteiger partial charge in [-0.05, 0) is 61.5 Å². The Hall–Kier alpha value is -3.55. The molecule has 0 saturated heterocycles. The molecule has 0 radical (unpaired) electrons. The Labute approximate surface area is 195 Å². The summed E-state index contributed by atoms with van der Waals surface area (Å²) in [5.41, 5.74) is 7.58. The zero-order valence-corrected chi connectivity index (χ0v) is 18.6. The summed E-state index contributed by atoms with van der Waals surface area (Å²) in [6, 6.07) is 20.4. The van der Waals surface area contributed by atoms with Gasteiger partial charge in [0.25, 0.3) is 5.91 Å². The Bertz CT molecular complexity index is 1130. The van der Waals surface area contributed by atoms with E-state index in [1.165, 1.54) is 0 Å². The van der Waals surface area contributed by atoms with Gasteiger partial charge >= 0.3 is 5.97 Å². The molecule has 3 rings (SSSR count). The average Bonchev–Trinajstić information content (AvgIpc) is 2.78. The number of aliphatic imine (C=N–C) groups is 1. The fourth-order valence-corrected chi connectivity index (χ4v) is 2.96. The third kappa shape index (κ3) is 6.47. The van der Waals surface area contributed by atoms with E-state index in [0.29, 0.717) is 32.7 Å². The van der Waals surface area contributed by atoms with Gasteiger partial charge in [-0.25, -0.2) is 9.79 Å². The second kappa shape index (κ2) is 11.2. The van der Waals surface area contributed by atoms with Crippen LogP contribution in [0.1, 0.15) is 17.3 Å². The molecule has 0 fully saturated rings. The molecule has 0 saturated carbocycles. The van der Waals surface area contributed by atoms with Crippen LogP contribution in [0.4, 0.5) is 17.1 Å². The molecule has 7 nitrogen and oxygen atoms in total. The predicted octanol–water partition coefficient (Wildman–Crippen LogP) is 5.46. The minimum absolute atomic E-state index is 0.0589. The number of hydrogen-bond acceptors (Lipinski definition) is 5. The van der Waals surface area contributed by atoms with Crippen LogP contribution in [0.15, 0.2) is 77.8 Å². The number of hydrazine groups is 1. The van der Waals surface area contributed by atoms with Crippen LogP contribution in [0.5, 0.6) is 0 Å². The molecule has 32 heavy (non-hydrogen) atoms. The van der Waals surface area contributed by atoms with E-state index in [2.05, 4.69) is 21.2 Å². The van der Waals surface area contributed by atoms with Crippen LogP contribution >= 0.6 is 23.2 Å². The molecule has 9 heteroatoms. The summed E-state index contributed by atoms with van der Waals surface area (Å²) in [5, 5.41) is 3.71. The largest absolute Gasteiger partial charge is 0.460 e. The molecule has 164 valence electrons. The number of ether oxygens (including phenoxy) is 1. The number of carbonyl (C=O) groups is 2. The first-order chi connectivity index (χ1) is 15.5. The molecule has 3 N–H and O–H groups in total. The monoisotopic (exact) mass is 470 g/mol. The summed E-state index contributed by atoms with van der Waals surface area (Å²) < 4.78 is 5.07. The second-order valence-corrected chi connectivity index (χ2v) is 7.27. The van der Waals surface area contributed by atoms with E-state index in [1.807, 2.05) is 0 Å². The molecule has 0 bridgehead atoms. The first kappa shape index (κ1) is 23.1. The zero-order valence-electron chi connectivity index (χ0n) is 17.1. The number of rotatable bonds is 6. The third-order valence-corrected chi connectivity index (χ3v) is 4.68. The van der Waals surface area contributed by atoms with Crippen LogP contribution in [0.3, 0.4) is 0 Å². The highest BCUT2D eigenvalue weighted by molar-refractivity contribution is 6.36. The van der Waals surface area contributed by atoms with Crippen molar-refractivity contribution in [3.05, 3.63) is 88.4 Å². The van der Waals surface area contributed by atoms with Gasteiger partial charge in [0.05, 0.1) is 28.6 Å². The molecule has 0 aliphatic rings. The molecule has 0 unspecified atom stereocenters. The third-order valence-electron chi connectivity index (χ3n) is 4.10. The number of carbonyl (C=O) groups excluding carboxylic acids is 2.